The number of nitriles is 1. The van der Waals surface area contributed by atoms with Gasteiger partial charge in [-0.15, -0.1) is 11.3 Å². The number of carbonyl (C=O) groups excluding carboxylic acids is 1. The Bertz CT molecular complexity index is 776. The highest BCUT2D eigenvalue weighted by Crippen LogP contribution is 2.20. The average Bonchev–Trinajstić information content (AvgIpc) is 3.04. The lowest BCUT2D eigenvalue weighted by Crippen LogP contribution is -2.02. The largest absolute Gasteiger partial charge is 0.314 e. The van der Waals surface area contributed by atoms with E-state index in [1.54, 1.807) is 12.1 Å². The SMILES string of the molecule is N#Cc1ccc(C(=O)c2ccc3ccccn23)s1. The lowest BCUT2D eigenvalue weighted by atomic mass is 10.2. The third kappa shape index (κ3) is 1.62. The van der Waals surface area contributed by atoms with E-state index in [1.165, 1.54) is 11.3 Å². The normalized spacial score (nSPS) is 10.4. The number of hydrogen-bond acceptors (Lipinski definition) is 3. The third-order valence-corrected chi connectivity index (χ3v) is 3.72. The number of fused-ring (bicyclic) bond motifs is 1. The maximum atomic E-state index is 12.3. The monoisotopic (exact) mass is 252 g/mol. The fourth-order valence-corrected chi connectivity index (χ4v) is 2.64. The van der Waals surface area contributed by atoms with Crippen molar-refractivity contribution in [2.45, 2.75) is 0 Å². The van der Waals surface area contributed by atoms with Crippen LogP contribution in [0.15, 0.2) is 48.7 Å². The van der Waals surface area contributed by atoms with Crippen molar-refractivity contribution >= 4 is 22.6 Å². The van der Waals surface area contributed by atoms with Crippen molar-refractivity contribution in [3.63, 3.8) is 0 Å². The first kappa shape index (κ1) is 10.8. The predicted octanol–water partition coefficient (Wildman–Crippen LogP) is 3.10. The Balaban J connectivity index is 2.10. The van der Waals surface area contributed by atoms with Crippen LogP contribution in [0.3, 0.4) is 0 Å². The molecule has 18 heavy (non-hydrogen) atoms. The maximum absolute atomic E-state index is 12.3. The Morgan fingerprint density at radius 3 is 2.83 bits per heavy atom. The van der Waals surface area contributed by atoms with Crippen molar-refractivity contribution in [2.24, 2.45) is 0 Å². The summed E-state index contributed by atoms with van der Waals surface area (Å²) in [4.78, 5) is 13.5. The smallest absolute Gasteiger partial charge is 0.219 e. The zero-order valence-electron chi connectivity index (χ0n) is 9.33. The molecule has 0 aliphatic carbocycles. The second-order valence-corrected chi connectivity index (χ2v) is 4.90. The molecule has 4 heteroatoms. The van der Waals surface area contributed by atoms with Gasteiger partial charge in [0, 0.05) is 11.7 Å². The summed E-state index contributed by atoms with van der Waals surface area (Å²) >= 11 is 1.22. The molecule has 0 spiro atoms. The Morgan fingerprint density at radius 2 is 2.06 bits per heavy atom. The van der Waals surface area contributed by atoms with Gasteiger partial charge in [0.05, 0.1) is 10.6 Å². The summed E-state index contributed by atoms with van der Waals surface area (Å²) in [7, 11) is 0. The highest BCUT2D eigenvalue weighted by Gasteiger charge is 2.15. The number of rotatable bonds is 2. The predicted molar refractivity (Wildman–Crippen MR) is 69.9 cm³/mol. The fraction of sp³-hybridized carbons (Fsp3) is 0. The Morgan fingerprint density at radius 1 is 1.17 bits per heavy atom. The van der Waals surface area contributed by atoms with Crippen molar-refractivity contribution in [3.05, 3.63) is 64.1 Å². The van der Waals surface area contributed by atoms with Gasteiger partial charge < -0.3 is 4.40 Å². The lowest BCUT2D eigenvalue weighted by Gasteiger charge is -1.99. The lowest BCUT2D eigenvalue weighted by molar-refractivity contribution is 0.103. The van der Waals surface area contributed by atoms with E-state index in [4.69, 9.17) is 5.26 Å². The van der Waals surface area contributed by atoms with E-state index in [9.17, 15) is 4.79 Å². The first-order chi connectivity index (χ1) is 8.79. The van der Waals surface area contributed by atoms with E-state index >= 15 is 0 Å². The zero-order chi connectivity index (χ0) is 12.5. The minimum Gasteiger partial charge on any atom is -0.314 e. The fourth-order valence-electron chi connectivity index (χ4n) is 1.89. The molecule has 0 aliphatic heterocycles. The van der Waals surface area contributed by atoms with Crippen LogP contribution in [0.2, 0.25) is 0 Å². The summed E-state index contributed by atoms with van der Waals surface area (Å²) in [6.07, 6.45) is 1.86. The van der Waals surface area contributed by atoms with Gasteiger partial charge in [-0.1, -0.05) is 6.07 Å². The van der Waals surface area contributed by atoms with E-state index in [1.807, 2.05) is 47.0 Å². The molecule has 0 unspecified atom stereocenters. The molecule has 3 aromatic heterocycles. The quantitative estimate of drug-likeness (QED) is 0.658. The number of ketones is 1. The van der Waals surface area contributed by atoms with Gasteiger partial charge in [0.2, 0.25) is 5.78 Å². The topological polar surface area (TPSA) is 45.3 Å². The number of nitrogens with zero attached hydrogens (tertiary/aromatic N) is 2. The highest BCUT2D eigenvalue weighted by atomic mass is 32.1. The molecule has 0 radical (unpaired) electrons. The van der Waals surface area contributed by atoms with Crippen LogP contribution in [0.5, 0.6) is 0 Å². The average molecular weight is 252 g/mol. The second-order valence-electron chi connectivity index (χ2n) is 3.82. The number of thiophene rings is 1. The van der Waals surface area contributed by atoms with Crippen LogP contribution < -0.4 is 0 Å². The molecule has 3 aromatic rings. The first-order valence-corrected chi connectivity index (χ1v) is 6.22. The molecule has 0 saturated carbocycles. The number of pyridine rings is 1. The van der Waals surface area contributed by atoms with E-state index in [0.29, 0.717) is 15.4 Å². The van der Waals surface area contributed by atoms with Crippen LogP contribution in [0.25, 0.3) is 5.52 Å². The maximum Gasteiger partial charge on any atom is 0.219 e. The molecule has 0 aromatic carbocycles. The molecule has 0 N–H and O–H groups in total. The summed E-state index contributed by atoms with van der Waals surface area (Å²) in [5, 5.41) is 8.78. The molecule has 0 atom stereocenters. The van der Waals surface area contributed by atoms with Gasteiger partial charge in [0.25, 0.3) is 0 Å². The summed E-state index contributed by atoms with van der Waals surface area (Å²) in [5.41, 5.74) is 1.61. The molecule has 0 amide bonds. The van der Waals surface area contributed by atoms with Crippen molar-refractivity contribution in [3.8, 4) is 6.07 Å². The van der Waals surface area contributed by atoms with Gasteiger partial charge in [0.15, 0.2) is 0 Å². The van der Waals surface area contributed by atoms with E-state index in [-0.39, 0.29) is 5.78 Å². The van der Waals surface area contributed by atoms with Gasteiger partial charge in [-0.05, 0) is 36.4 Å². The molecular weight excluding hydrogens is 244 g/mol. The van der Waals surface area contributed by atoms with Crippen LogP contribution in [-0.2, 0) is 0 Å². The minimum atomic E-state index is -0.0484. The summed E-state index contributed by atoms with van der Waals surface area (Å²) < 4.78 is 1.86. The minimum absolute atomic E-state index is 0.0484. The third-order valence-electron chi connectivity index (χ3n) is 2.74. The Hall–Kier alpha value is -2.38. The molecule has 3 nitrogen and oxygen atoms in total. The summed E-state index contributed by atoms with van der Waals surface area (Å²) in [6.45, 7) is 0. The number of hydrogen-bond donors (Lipinski definition) is 0. The van der Waals surface area contributed by atoms with Gasteiger partial charge in [-0.2, -0.15) is 5.26 Å². The molecule has 0 bridgehead atoms. The molecule has 0 aliphatic rings. The van der Waals surface area contributed by atoms with Crippen molar-refractivity contribution in [1.29, 1.82) is 5.26 Å². The molecule has 0 fully saturated rings. The first-order valence-electron chi connectivity index (χ1n) is 5.40. The highest BCUT2D eigenvalue weighted by molar-refractivity contribution is 7.14. The molecule has 3 heterocycles. The van der Waals surface area contributed by atoms with Crippen molar-refractivity contribution < 1.29 is 4.79 Å². The zero-order valence-corrected chi connectivity index (χ0v) is 10.1. The molecule has 86 valence electrons. The number of carbonyl (C=O) groups is 1. The number of aromatic nitrogens is 1. The van der Waals surface area contributed by atoms with Gasteiger partial charge >= 0.3 is 0 Å². The van der Waals surface area contributed by atoms with Crippen LogP contribution in [0.1, 0.15) is 20.2 Å². The summed E-state index contributed by atoms with van der Waals surface area (Å²) in [5.74, 6) is -0.0484. The van der Waals surface area contributed by atoms with E-state index in [2.05, 4.69) is 0 Å². The van der Waals surface area contributed by atoms with E-state index in [0.717, 1.165) is 5.52 Å². The van der Waals surface area contributed by atoms with Crippen LogP contribution >= 0.6 is 11.3 Å². The second kappa shape index (κ2) is 4.13. The Kier molecular flexibility index (Phi) is 2.47. The van der Waals surface area contributed by atoms with Gasteiger partial charge in [-0.25, -0.2) is 0 Å². The standard InChI is InChI=1S/C14H8N2OS/c15-9-11-5-7-13(18-11)14(17)12-6-4-10-3-1-2-8-16(10)12/h1-8H. The van der Waals surface area contributed by atoms with Gasteiger partial charge in [0.1, 0.15) is 10.9 Å². The van der Waals surface area contributed by atoms with E-state index < -0.39 is 0 Å². The van der Waals surface area contributed by atoms with Crippen molar-refractivity contribution in [2.75, 3.05) is 0 Å². The molecule has 3 rings (SSSR count). The van der Waals surface area contributed by atoms with Crippen LogP contribution in [0, 0.1) is 11.3 Å². The molecular formula is C14H8N2OS. The molecule has 0 saturated heterocycles. The van der Waals surface area contributed by atoms with Crippen LogP contribution in [-0.4, -0.2) is 10.2 Å². The summed E-state index contributed by atoms with van der Waals surface area (Å²) in [6, 6.07) is 14.9. The Labute approximate surface area is 108 Å². The van der Waals surface area contributed by atoms with Crippen LogP contribution in [0.4, 0.5) is 0 Å². The van der Waals surface area contributed by atoms with Gasteiger partial charge in [-0.3, -0.25) is 4.79 Å². The van der Waals surface area contributed by atoms with Crippen molar-refractivity contribution in [1.82, 2.24) is 4.40 Å².